The summed E-state index contributed by atoms with van der Waals surface area (Å²) < 4.78 is 6.27. The van der Waals surface area contributed by atoms with Crippen molar-refractivity contribution in [3.63, 3.8) is 0 Å². The van der Waals surface area contributed by atoms with E-state index in [9.17, 15) is 4.79 Å². The van der Waals surface area contributed by atoms with Gasteiger partial charge in [-0.15, -0.1) is 0 Å². The summed E-state index contributed by atoms with van der Waals surface area (Å²) in [4.78, 5) is 18.0. The molecule has 108 valence electrons. The first-order valence-corrected chi connectivity index (χ1v) is 7.28. The van der Waals surface area contributed by atoms with E-state index in [2.05, 4.69) is 32.3 Å². The van der Waals surface area contributed by atoms with E-state index < -0.39 is 0 Å². The second kappa shape index (κ2) is 7.52. The van der Waals surface area contributed by atoms with Gasteiger partial charge in [-0.3, -0.25) is 9.69 Å². The van der Waals surface area contributed by atoms with E-state index in [-0.39, 0.29) is 5.91 Å². The van der Waals surface area contributed by atoms with Gasteiger partial charge in [-0.25, -0.2) is 4.98 Å². The van der Waals surface area contributed by atoms with Crippen LogP contribution in [0.15, 0.2) is 34.5 Å². The largest absolute Gasteiger partial charge is 0.377 e. The van der Waals surface area contributed by atoms with Crippen LogP contribution in [0.2, 0.25) is 0 Å². The minimum atomic E-state index is -0.0698. The first-order chi connectivity index (χ1) is 9.63. The third-order valence-corrected chi connectivity index (χ3v) is 3.33. The quantitative estimate of drug-likeness (QED) is 0.834. The van der Waals surface area contributed by atoms with Gasteiger partial charge < -0.3 is 10.1 Å². The smallest absolute Gasteiger partial charge is 0.239 e. The molecule has 1 aromatic rings. The fourth-order valence-corrected chi connectivity index (χ4v) is 2.23. The lowest BCUT2D eigenvalue weighted by Gasteiger charge is -2.20. The minimum Gasteiger partial charge on any atom is -0.377 e. The number of hydrogen-bond acceptors (Lipinski definition) is 4. The fourth-order valence-electron chi connectivity index (χ4n) is 2.00. The van der Waals surface area contributed by atoms with Gasteiger partial charge in [-0.2, -0.15) is 0 Å². The Morgan fingerprint density at radius 2 is 2.40 bits per heavy atom. The van der Waals surface area contributed by atoms with Gasteiger partial charge in [0, 0.05) is 17.2 Å². The van der Waals surface area contributed by atoms with Crippen LogP contribution in [0.25, 0.3) is 0 Å². The van der Waals surface area contributed by atoms with Crippen LogP contribution in [0.4, 0.5) is 5.82 Å². The van der Waals surface area contributed by atoms with Crippen molar-refractivity contribution in [2.45, 2.75) is 6.42 Å². The van der Waals surface area contributed by atoms with E-state index in [1.54, 1.807) is 12.3 Å². The van der Waals surface area contributed by atoms with E-state index >= 15 is 0 Å². The van der Waals surface area contributed by atoms with Crippen molar-refractivity contribution in [3.8, 4) is 0 Å². The van der Waals surface area contributed by atoms with Crippen LogP contribution in [-0.2, 0) is 9.53 Å². The van der Waals surface area contributed by atoms with Gasteiger partial charge in [0.05, 0.1) is 19.8 Å². The number of nitrogens with zero attached hydrogens (tertiary/aromatic N) is 2. The molecule has 0 fully saturated rings. The van der Waals surface area contributed by atoms with Crippen molar-refractivity contribution >= 4 is 27.7 Å². The highest BCUT2D eigenvalue weighted by molar-refractivity contribution is 9.10. The second-order valence-electron chi connectivity index (χ2n) is 4.79. The van der Waals surface area contributed by atoms with Gasteiger partial charge in [0.1, 0.15) is 5.82 Å². The Morgan fingerprint density at radius 1 is 1.55 bits per heavy atom. The van der Waals surface area contributed by atoms with Crippen molar-refractivity contribution in [2.75, 3.05) is 38.7 Å². The summed E-state index contributed by atoms with van der Waals surface area (Å²) in [6, 6.07) is 3.61. The van der Waals surface area contributed by atoms with Crippen LogP contribution in [0.1, 0.15) is 6.42 Å². The molecule has 0 saturated heterocycles. The zero-order valence-electron chi connectivity index (χ0n) is 11.4. The van der Waals surface area contributed by atoms with E-state index in [1.807, 2.05) is 18.0 Å². The molecule has 0 bridgehead atoms. The van der Waals surface area contributed by atoms with Gasteiger partial charge in [-0.1, -0.05) is 6.08 Å². The van der Waals surface area contributed by atoms with E-state index in [1.165, 1.54) is 5.57 Å². The highest BCUT2D eigenvalue weighted by Crippen LogP contribution is 2.10. The highest BCUT2D eigenvalue weighted by atomic mass is 79.9. The molecule has 0 spiro atoms. The number of hydrogen-bond donors (Lipinski definition) is 1. The molecule has 1 aliphatic rings. The molecule has 1 N–H and O–H groups in total. The van der Waals surface area contributed by atoms with Crippen LogP contribution in [0.3, 0.4) is 0 Å². The summed E-state index contributed by atoms with van der Waals surface area (Å²) in [6.07, 6.45) is 4.80. The van der Waals surface area contributed by atoms with Gasteiger partial charge >= 0.3 is 0 Å². The van der Waals surface area contributed by atoms with Crippen molar-refractivity contribution in [2.24, 2.45) is 0 Å². The number of nitrogens with one attached hydrogen (secondary N) is 1. The van der Waals surface area contributed by atoms with Gasteiger partial charge in [0.15, 0.2) is 0 Å². The Kier molecular flexibility index (Phi) is 5.70. The maximum atomic E-state index is 11.9. The molecule has 0 radical (unpaired) electrons. The zero-order chi connectivity index (χ0) is 14.4. The number of halogens is 1. The lowest BCUT2D eigenvalue weighted by molar-refractivity contribution is -0.117. The molecule has 6 heteroatoms. The maximum Gasteiger partial charge on any atom is 0.239 e. The molecule has 0 unspecified atom stereocenters. The Hall–Kier alpha value is -1.24. The summed E-state index contributed by atoms with van der Waals surface area (Å²) in [7, 11) is 1.92. The second-order valence-corrected chi connectivity index (χ2v) is 5.70. The normalized spacial score (nSPS) is 15.1. The fraction of sp³-hybridized carbons (Fsp3) is 0.429. The highest BCUT2D eigenvalue weighted by Gasteiger charge is 2.11. The van der Waals surface area contributed by atoms with Gasteiger partial charge in [0.2, 0.25) is 5.91 Å². The summed E-state index contributed by atoms with van der Waals surface area (Å²) in [5.41, 5.74) is 1.23. The van der Waals surface area contributed by atoms with Crippen LogP contribution in [-0.4, -0.2) is 49.1 Å². The Balaban J connectivity index is 1.78. The zero-order valence-corrected chi connectivity index (χ0v) is 13.0. The first kappa shape index (κ1) is 15.2. The number of ether oxygens (including phenoxy) is 1. The third kappa shape index (κ3) is 5.03. The number of carbonyl (C=O) groups excluding carboxylic acids is 1. The van der Waals surface area contributed by atoms with Crippen molar-refractivity contribution in [3.05, 3.63) is 34.5 Å². The number of carbonyl (C=O) groups is 1. The SMILES string of the molecule is CN(CC(=O)Nc1ccc(Br)cn1)CC1=CCCOC1. The summed E-state index contributed by atoms with van der Waals surface area (Å²) in [5.74, 6) is 0.492. The molecule has 2 rings (SSSR count). The molecular weight excluding hydrogens is 322 g/mol. The van der Waals surface area contributed by atoms with Crippen molar-refractivity contribution in [1.82, 2.24) is 9.88 Å². The van der Waals surface area contributed by atoms with E-state index in [4.69, 9.17) is 4.74 Å². The standard InChI is InChI=1S/C14H18BrN3O2/c1-18(8-11-3-2-6-20-10-11)9-14(19)17-13-5-4-12(15)7-16-13/h3-5,7H,2,6,8-10H2,1H3,(H,16,17,19). The average Bonchev–Trinajstić information content (AvgIpc) is 2.42. The summed E-state index contributed by atoms with van der Waals surface area (Å²) in [5, 5.41) is 2.77. The Bertz CT molecular complexity index is 488. The lowest BCUT2D eigenvalue weighted by Crippen LogP contribution is -2.32. The maximum absolute atomic E-state index is 11.9. The number of amides is 1. The molecule has 0 atom stereocenters. The molecular formula is C14H18BrN3O2. The van der Waals surface area contributed by atoms with E-state index in [0.29, 0.717) is 19.0 Å². The van der Waals surface area contributed by atoms with Crippen LogP contribution in [0, 0.1) is 0 Å². The predicted molar refractivity (Wildman–Crippen MR) is 81.6 cm³/mol. The van der Waals surface area contributed by atoms with Crippen LogP contribution < -0.4 is 5.32 Å². The van der Waals surface area contributed by atoms with Gasteiger partial charge in [-0.05, 0) is 47.1 Å². The van der Waals surface area contributed by atoms with E-state index in [0.717, 1.165) is 24.0 Å². The molecule has 0 aliphatic carbocycles. The molecule has 1 aliphatic heterocycles. The Morgan fingerprint density at radius 3 is 3.05 bits per heavy atom. The molecule has 5 nitrogen and oxygen atoms in total. The number of anilines is 1. The monoisotopic (exact) mass is 339 g/mol. The van der Waals surface area contributed by atoms with Crippen LogP contribution >= 0.6 is 15.9 Å². The number of aromatic nitrogens is 1. The number of likely N-dealkylation sites (N-methyl/N-ethyl adjacent to an activating group) is 1. The average molecular weight is 340 g/mol. The van der Waals surface area contributed by atoms with Gasteiger partial charge in [0.25, 0.3) is 0 Å². The summed E-state index contributed by atoms with van der Waals surface area (Å²) in [6.45, 7) is 2.54. The molecule has 1 aromatic heterocycles. The van der Waals surface area contributed by atoms with Crippen molar-refractivity contribution in [1.29, 1.82) is 0 Å². The Labute approximate surface area is 127 Å². The third-order valence-electron chi connectivity index (χ3n) is 2.86. The van der Waals surface area contributed by atoms with Crippen molar-refractivity contribution < 1.29 is 9.53 Å². The minimum absolute atomic E-state index is 0.0698. The van der Waals surface area contributed by atoms with Crippen LogP contribution in [0.5, 0.6) is 0 Å². The summed E-state index contributed by atoms with van der Waals surface area (Å²) >= 11 is 3.31. The topological polar surface area (TPSA) is 54.5 Å². The molecule has 0 saturated carbocycles. The molecule has 0 aromatic carbocycles. The number of rotatable bonds is 5. The molecule has 2 heterocycles. The molecule has 1 amide bonds. The molecule has 20 heavy (non-hydrogen) atoms. The first-order valence-electron chi connectivity index (χ1n) is 6.49. The number of pyridine rings is 1. The predicted octanol–water partition coefficient (Wildman–Crippen LogP) is 2.06. The lowest BCUT2D eigenvalue weighted by atomic mass is 10.2.